The summed E-state index contributed by atoms with van der Waals surface area (Å²) >= 11 is 1.54. The molecular formula is C30H46Cl2N4O2S. The highest BCUT2D eigenvalue weighted by atomic mass is 35.5. The minimum Gasteiger partial charge on any atom is -0.508 e. The number of aryl methyl sites for hydroxylation is 2. The Hall–Kier alpha value is -1.38. The van der Waals surface area contributed by atoms with E-state index in [-0.39, 0.29) is 36.1 Å². The molecule has 2 saturated carbocycles. The van der Waals surface area contributed by atoms with Crippen LogP contribution in [0, 0.1) is 30.1 Å². The van der Waals surface area contributed by atoms with Gasteiger partial charge in [-0.05, 0) is 131 Å². The summed E-state index contributed by atoms with van der Waals surface area (Å²) in [6.45, 7) is 6.72. The normalized spacial score (nSPS) is 29.0. The fraction of sp³-hybridized carbons (Fsp3) is 0.667. The van der Waals surface area contributed by atoms with E-state index in [4.69, 9.17) is 0 Å². The van der Waals surface area contributed by atoms with Gasteiger partial charge >= 0.3 is 0 Å². The molecule has 1 aromatic heterocycles. The van der Waals surface area contributed by atoms with Crippen molar-refractivity contribution >= 4 is 47.2 Å². The van der Waals surface area contributed by atoms with Crippen LogP contribution >= 0.6 is 36.2 Å². The molecule has 6 atom stereocenters. The van der Waals surface area contributed by atoms with Gasteiger partial charge in [-0.1, -0.05) is 13.0 Å². The molecule has 2 aromatic rings. The Bertz CT molecular complexity index is 1110. The first kappa shape index (κ1) is 32.1. The maximum Gasteiger partial charge on any atom is 0.226 e. The minimum atomic E-state index is 0. The molecule has 0 bridgehead atoms. The first-order valence-electron chi connectivity index (χ1n) is 14.2. The predicted octanol–water partition coefficient (Wildman–Crippen LogP) is 6.41. The predicted molar refractivity (Wildman–Crippen MR) is 166 cm³/mol. The number of aromatic nitrogens is 1. The summed E-state index contributed by atoms with van der Waals surface area (Å²) in [5.41, 5.74) is 3.08. The van der Waals surface area contributed by atoms with E-state index in [1.807, 2.05) is 25.3 Å². The number of phenolic OH excluding ortho intramolecular Hbond substituents is 1. The number of phenols is 1. The zero-order valence-corrected chi connectivity index (χ0v) is 26.2. The van der Waals surface area contributed by atoms with E-state index in [1.54, 1.807) is 11.3 Å². The van der Waals surface area contributed by atoms with Crippen LogP contribution in [0.3, 0.4) is 0 Å². The summed E-state index contributed by atoms with van der Waals surface area (Å²) in [7, 11) is 4.28. The van der Waals surface area contributed by atoms with Gasteiger partial charge in [-0.15, -0.1) is 36.2 Å². The number of thiazole rings is 1. The van der Waals surface area contributed by atoms with Crippen LogP contribution in [0.25, 0.3) is 0 Å². The highest BCUT2D eigenvalue weighted by Crippen LogP contribution is 2.63. The molecule has 0 saturated heterocycles. The van der Waals surface area contributed by atoms with Crippen molar-refractivity contribution in [3.63, 3.8) is 0 Å². The molecular weight excluding hydrogens is 551 g/mol. The lowest BCUT2D eigenvalue weighted by atomic mass is 9.53. The number of halogens is 2. The Morgan fingerprint density at radius 2 is 2.05 bits per heavy atom. The third-order valence-electron chi connectivity index (χ3n) is 9.63. The van der Waals surface area contributed by atoms with Gasteiger partial charge in [0.1, 0.15) is 5.75 Å². The Morgan fingerprint density at radius 1 is 1.26 bits per heavy atom. The van der Waals surface area contributed by atoms with E-state index in [0.29, 0.717) is 47.0 Å². The minimum absolute atomic E-state index is 0. The van der Waals surface area contributed by atoms with E-state index in [1.165, 1.54) is 36.8 Å². The molecule has 218 valence electrons. The molecule has 1 heterocycles. The number of anilines is 1. The van der Waals surface area contributed by atoms with Crippen molar-refractivity contribution in [2.45, 2.75) is 77.2 Å². The lowest BCUT2D eigenvalue weighted by Crippen LogP contribution is -2.49. The number of hydrogen-bond acceptors (Lipinski definition) is 6. The number of carbonyl (C=O) groups excluding carboxylic acids is 1. The maximum absolute atomic E-state index is 12.9. The summed E-state index contributed by atoms with van der Waals surface area (Å²) in [6.07, 6.45) is 10.3. The molecule has 0 radical (unpaired) electrons. The van der Waals surface area contributed by atoms with Crippen LogP contribution in [0.15, 0.2) is 24.4 Å². The molecule has 3 N–H and O–H groups in total. The zero-order valence-electron chi connectivity index (χ0n) is 23.7. The highest BCUT2D eigenvalue weighted by molar-refractivity contribution is 7.15. The van der Waals surface area contributed by atoms with Crippen LogP contribution in [0.4, 0.5) is 5.13 Å². The van der Waals surface area contributed by atoms with Crippen LogP contribution in [-0.2, 0) is 11.2 Å². The topological polar surface area (TPSA) is 77.5 Å². The van der Waals surface area contributed by atoms with Gasteiger partial charge in [0, 0.05) is 23.5 Å². The Kier molecular flexibility index (Phi) is 11.1. The van der Waals surface area contributed by atoms with E-state index in [2.05, 4.69) is 47.6 Å². The second-order valence-corrected chi connectivity index (χ2v) is 13.5. The molecule has 39 heavy (non-hydrogen) atoms. The van der Waals surface area contributed by atoms with Crippen molar-refractivity contribution in [1.29, 1.82) is 0 Å². The standard InChI is InChI=1S/C30H44N4O2S.2ClH/c1-19-18-32-29(37-19)33-27(36)11-7-21-17-26(31-14-5-15-34(3)4)30(2)13-12-24-23-10-8-22(35)16-20(23)6-9-25(24)28(21)30;;/h8,10,16,18,21,24-26,28,31,35H,5-7,9,11-15,17H2,1-4H3,(H,32,33,36);2*1H/t21-,24?,25?,26?,28?,30-;;/m1../s1. The van der Waals surface area contributed by atoms with Crippen molar-refractivity contribution in [3.8, 4) is 5.75 Å². The third-order valence-corrected chi connectivity index (χ3v) is 10.5. The number of aromatic hydroxyl groups is 1. The smallest absolute Gasteiger partial charge is 0.226 e. The molecule has 2 fully saturated rings. The Morgan fingerprint density at radius 3 is 2.77 bits per heavy atom. The van der Waals surface area contributed by atoms with Gasteiger partial charge in [0.15, 0.2) is 5.13 Å². The lowest BCUT2D eigenvalue weighted by Gasteiger charge is -2.52. The Labute approximate surface area is 250 Å². The van der Waals surface area contributed by atoms with Crippen molar-refractivity contribution in [1.82, 2.24) is 15.2 Å². The number of carbonyl (C=O) groups is 1. The molecule has 3 aliphatic carbocycles. The fourth-order valence-electron chi connectivity index (χ4n) is 8.06. The summed E-state index contributed by atoms with van der Waals surface area (Å²) in [5.74, 6) is 2.87. The second kappa shape index (κ2) is 13.5. The van der Waals surface area contributed by atoms with Crippen LogP contribution < -0.4 is 10.6 Å². The molecule has 0 aliphatic heterocycles. The third kappa shape index (κ3) is 6.92. The van der Waals surface area contributed by atoms with E-state index in [9.17, 15) is 9.90 Å². The quantitative estimate of drug-likeness (QED) is 0.291. The van der Waals surface area contributed by atoms with E-state index < -0.39 is 0 Å². The van der Waals surface area contributed by atoms with Gasteiger partial charge in [0.2, 0.25) is 5.91 Å². The number of benzene rings is 1. The average molecular weight is 598 g/mol. The first-order chi connectivity index (χ1) is 17.7. The molecule has 1 amide bonds. The van der Waals surface area contributed by atoms with Crippen LogP contribution in [0.1, 0.15) is 73.8 Å². The second-order valence-electron chi connectivity index (χ2n) is 12.3. The number of rotatable bonds is 9. The number of nitrogens with one attached hydrogen (secondary N) is 2. The SMILES string of the molecule is Cc1cnc(NC(=O)CC[C@@H]2CC(NCCCN(C)C)[C@@]3(C)CCC4c5ccc(O)cc5CCC4C23)s1.Cl.Cl. The molecule has 6 nitrogen and oxygen atoms in total. The highest BCUT2D eigenvalue weighted by Gasteiger charge is 2.58. The zero-order chi connectivity index (χ0) is 26.2. The van der Waals surface area contributed by atoms with Gasteiger partial charge in [-0.25, -0.2) is 4.98 Å². The monoisotopic (exact) mass is 596 g/mol. The number of nitrogens with zero attached hydrogens (tertiary/aromatic N) is 2. The molecule has 9 heteroatoms. The molecule has 3 aliphatic rings. The van der Waals surface area contributed by atoms with Crippen molar-refractivity contribution in [2.75, 3.05) is 32.5 Å². The Balaban J connectivity index is 0.00000210. The van der Waals surface area contributed by atoms with Gasteiger partial charge in [0.25, 0.3) is 0 Å². The van der Waals surface area contributed by atoms with Crippen molar-refractivity contribution < 1.29 is 9.90 Å². The van der Waals surface area contributed by atoms with Crippen LogP contribution in [0.2, 0.25) is 0 Å². The summed E-state index contributed by atoms with van der Waals surface area (Å²) < 4.78 is 0. The largest absolute Gasteiger partial charge is 0.508 e. The molecule has 0 spiro atoms. The van der Waals surface area contributed by atoms with Crippen molar-refractivity contribution in [2.24, 2.45) is 23.2 Å². The first-order valence-corrected chi connectivity index (χ1v) is 15.0. The van der Waals surface area contributed by atoms with Crippen LogP contribution in [-0.4, -0.2) is 54.1 Å². The van der Waals surface area contributed by atoms with Gasteiger partial charge in [-0.2, -0.15) is 0 Å². The molecule has 5 rings (SSSR count). The maximum atomic E-state index is 12.9. The lowest BCUT2D eigenvalue weighted by molar-refractivity contribution is -0.116. The van der Waals surface area contributed by atoms with Crippen molar-refractivity contribution in [3.05, 3.63) is 40.4 Å². The number of fused-ring (bicyclic) bond motifs is 5. The molecule has 4 unspecified atom stereocenters. The number of amides is 1. The summed E-state index contributed by atoms with van der Waals surface area (Å²) in [5, 5.41) is 17.8. The van der Waals surface area contributed by atoms with Gasteiger partial charge in [0.05, 0.1) is 0 Å². The van der Waals surface area contributed by atoms with E-state index in [0.717, 1.165) is 37.2 Å². The summed E-state index contributed by atoms with van der Waals surface area (Å²) in [6, 6.07) is 6.57. The van der Waals surface area contributed by atoms with Gasteiger partial charge in [-0.3, -0.25) is 4.79 Å². The average Bonchev–Trinajstić information content (AvgIpc) is 3.39. The van der Waals surface area contributed by atoms with Crippen LogP contribution in [0.5, 0.6) is 5.75 Å². The van der Waals surface area contributed by atoms with E-state index >= 15 is 0 Å². The van der Waals surface area contributed by atoms with Gasteiger partial charge < -0.3 is 20.6 Å². The molecule has 1 aromatic carbocycles. The summed E-state index contributed by atoms with van der Waals surface area (Å²) in [4.78, 5) is 20.6. The fourth-order valence-corrected chi connectivity index (χ4v) is 8.74. The number of hydrogen-bond donors (Lipinski definition) is 3.